The molecule has 1 N–H and O–H groups in total. The van der Waals surface area contributed by atoms with Gasteiger partial charge in [-0.3, -0.25) is 0 Å². The van der Waals surface area contributed by atoms with Crippen LogP contribution in [-0.2, 0) is 0 Å². The minimum atomic E-state index is 0. The average molecular weight is 190 g/mol. The Hall–Kier alpha value is 0.250. The van der Waals surface area contributed by atoms with E-state index in [1.165, 1.54) is 44.9 Å². The van der Waals surface area contributed by atoms with E-state index in [0.29, 0.717) is 5.54 Å². The first-order valence-electron chi connectivity index (χ1n) is 5.06. The third-order valence-corrected chi connectivity index (χ3v) is 3.67. The fourth-order valence-corrected chi connectivity index (χ4v) is 2.65. The van der Waals surface area contributed by atoms with E-state index in [-0.39, 0.29) is 12.4 Å². The number of hydrogen-bond acceptors (Lipinski definition) is 1. The molecule has 0 aromatic rings. The Kier molecular flexibility index (Phi) is 3.42. The molecule has 2 aliphatic carbocycles. The molecule has 0 aliphatic heterocycles. The summed E-state index contributed by atoms with van der Waals surface area (Å²) in [5, 5.41) is 3.52. The molecule has 0 radical (unpaired) electrons. The van der Waals surface area contributed by atoms with Gasteiger partial charge in [-0.05, 0) is 38.6 Å². The van der Waals surface area contributed by atoms with Gasteiger partial charge in [0.15, 0.2) is 0 Å². The van der Waals surface area contributed by atoms with E-state index in [1.54, 1.807) is 0 Å². The third kappa shape index (κ3) is 1.77. The summed E-state index contributed by atoms with van der Waals surface area (Å²) in [6.07, 6.45) is 10.3. The maximum Gasteiger partial charge on any atom is 0.0208 e. The van der Waals surface area contributed by atoms with E-state index < -0.39 is 0 Å². The van der Waals surface area contributed by atoms with E-state index in [1.807, 2.05) is 0 Å². The topological polar surface area (TPSA) is 12.0 Å². The minimum Gasteiger partial charge on any atom is -0.314 e. The first-order chi connectivity index (χ1) is 5.37. The molecule has 2 fully saturated rings. The Balaban J connectivity index is 0.000000720. The Bertz CT molecular complexity index is 137. The first kappa shape index (κ1) is 10.3. The number of halogens is 1. The summed E-state index contributed by atoms with van der Waals surface area (Å²) in [6.45, 7) is 0. The standard InChI is InChI=1S/C10H19N.ClH/c1-11-10(7-8-10)9-5-3-2-4-6-9;/h9,11H,2-8H2,1H3;1H. The molecule has 0 aromatic heterocycles. The second-order valence-electron chi connectivity index (χ2n) is 4.24. The van der Waals surface area contributed by atoms with Crippen LogP contribution in [0.5, 0.6) is 0 Å². The van der Waals surface area contributed by atoms with Gasteiger partial charge >= 0.3 is 0 Å². The van der Waals surface area contributed by atoms with Gasteiger partial charge in [-0.2, -0.15) is 0 Å². The van der Waals surface area contributed by atoms with E-state index in [9.17, 15) is 0 Å². The van der Waals surface area contributed by atoms with Crippen molar-refractivity contribution in [1.29, 1.82) is 0 Å². The quantitative estimate of drug-likeness (QED) is 0.705. The van der Waals surface area contributed by atoms with Crippen molar-refractivity contribution in [2.45, 2.75) is 50.5 Å². The highest BCUT2D eigenvalue weighted by Crippen LogP contribution is 2.47. The van der Waals surface area contributed by atoms with Gasteiger partial charge in [0, 0.05) is 5.54 Å². The van der Waals surface area contributed by atoms with Crippen LogP contribution in [0.15, 0.2) is 0 Å². The maximum atomic E-state index is 3.52. The van der Waals surface area contributed by atoms with Crippen molar-refractivity contribution in [1.82, 2.24) is 5.32 Å². The van der Waals surface area contributed by atoms with E-state index in [0.717, 1.165) is 5.92 Å². The van der Waals surface area contributed by atoms with Crippen molar-refractivity contribution in [3.63, 3.8) is 0 Å². The zero-order valence-corrected chi connectivity index (χ0v) is 8.75. The van der Waals surface area contributed by atoms with E-state index in [2.05, 4.69) is 12.4 Å². The molecular weight excluding hydrogens is 170 g/mol. The maximum absolute atomic E-state index is 3.52. The van der Waals surface area contributed by atoms with Crippen LogP contribution in [0.2, 0.25) is 0 Å². The second-order valence-corrected chi connectivity index (χ2v) is 4.24. The minimum absolute atomic E-state index is 0. The second kappa shape index (κ2) is 3.97. The van der Waals surface area contributed by atoms with Gasteiger partial charge in [-0.15, -0.1) is 12.4 Å². The van der Waals surface area contributed by atoms with Crippen LogP contribution in [0.4, 0.5) is 0 Å². The molecule has 0 unspecified atom stereocenters. The zero-order valence-electron chi connectivity index (χ0n) is 7.94. The molecule has 2 aliphatic rings. The van der Waals surface area contributed by atoms with Crippen LogP contribution in [0.25, 0.3) is 0 Å². The lowest BCUT2D eigenvalue weighted by atomic mass is 9.82. The fraction of sp³-hybridized carbons (Fsp3) is 1.00. The molecule has 72 valence electrons. The average Bonchev–Trinajstić information content (AvgIpc) is 2.86. The lowest BCUT2D eigenvalue weighted by Gasteiger charge is -2.29. The summed E-state index contributed by atoms with van der Waals surface area (Å²) < 4.78 is 0. The predicted molar refractivity (Wildman–Crippen MR) is 54.8 cm³/mol. The molecule has 0 spiro atoms. The Morgan fingerprint density at radius 1 is 1.08 bits per heavy atom. The van der Waals surface area contributed by atoms with Crippen LogP contribution in [0.1, 0.15) is 44.9 Å². The van der Waals surface area contributed by atoms with Gasteiger partial charge in [0.25, 0.3) is 0 Å². The van der Waals surface area contributed by atoms with E-state index >= 15 is 0 Å². The molecule has 0 amide bonds. The van der Waals surface area contributed by atoms with Crippen molar-refractivity contribution in [2.24, 2.45) is 5.92 Å². The first-order valence-corrected chi connectivity index (χ1v) is 5.06. The van der Waals surface area contributed by atoms with Gasteiger partial charge < -0.3 is 5.32 Å². The highest BCUT2D eigenvalue weighted by molar-refractivity contribution is 5.85. The SMILES string of the molecule is CNC1(C2CCCCC2)CC1.Cl. The summed E-state index contributed by atoms with van der Waals surface area (Å²) in [5.41, 5.74) is 0.612. The van der Waals surface area contributed by atoms with Gasteiger partial charge in [0.05, 0.1) is 0 Å². The fourth-order valence-electron chi connectivity index (χ4n) is 2.65. The molecule has 2 rings (SSSR count). The summed E-state index contributed by atoms with van der Waals surface area (Å²) in [5.74, 6) is 1.02. The van der Waals surface area contributed by atoms with Gasteiger partial charge in [0.1, 0.15) is 0 Å². The molecule has 2 heteroatoms. The number of hydrogen-bond donors (Lipinski definition) is 1. The molecule has 12 heavy (non-hydrogen) atoms. The normalized spacial score (nSPS) is 27.8. The van der Waals surface area contributed by atoms with Crippen molar-refractivity contribution in [3.05, 3.63) is 0 Å². The summed E-state index contributed by atoms with van der Waals surface area (Å²) in [6, 6.07) is 0. The van der Waals surface area contributed by atoms with Crippen LogP contribution >= 0.6 is 12.4 Å². The molecule has 0 aromatic carbocycles. The largest absolute Gasteiger partial charge is 0.314 e. The van der Waals surface area contributed by atoms with E-state index in [4.69, 9.17) is 0 Å². The van der Waals surface area contributed by atoms with Crippen LogP contribution in [0, 0.1) is 5.92 Å². The lowest BCUT2D eigenvalue weighted by Crippen LogP contribution is -2.36. The highest BCUT2D eigenvalue weighted by Gasteiger charge is 2.47. The van der Waals surface area contributed by atoms with Crippen molar-refractivity contribution >= 4 is 12.4 Å². The van der Waals surface area contributed by atoms with Crippen molar-refractivity contribution in [2.75, 3.05) is 7.05 Å². The summed E-state index contributed by atoms with van der Waals surface area (Å²) in [7, 11) is 2.14. The summed E-state index contributed by atoms with van der Waals surface area (Å²) in [4.78, 5) is 0. The van der Waals surface area contributed by atoms with Gasteiger partial charge in [0.2, 0.25) is 0 Å². The Labute approximate surface area is 81.7 Å². The molecule has 0 heterocycles. The molecule has 0 bridgehead atoms. The van der Waals surface area contributed by atoms with Gasteiger partial charge in [-0.25, -0.2) is 0 Å². The third-order valence-electron chi connectivity index (χ3n) is 3.67. The van der Waals surface area contributed by atoms with Crippen LogP contribution < -0.4 is 5.32 Å². The molecule has 2 saturated carbocycles. The van der Waals surface area contributed by atoms with Crippen LogP contribution in [-0.4, -0.2) is 12.6 Å². The molecule has 1 nitrogen and oxygen atoms in total. The van der Waals surface area contributed by atoms with Crippen molar-refractivity contribution < 1.29 is 0 Å². The molecular formula is C10H20ClN. The summed E-state index contributed by atoms with van der Waals surface area (Å²) >= 11 is 0. The monoisotopic (exact) mass is 189 g/mol. The smallest absolute Gasteiger partial charge is 0.0208 e. The van der Waals surface area contributed by atoms with Crippen LogP contribution in [0.3, 0.4) is 0 Å². The molecule has 0 atom stereocenters. The number of nitrogens with one attached hydrogen (secondary N) is 1. The Morgan fingerprint density at radius 3 is 2.08 bits per heavy atom. The lowest BCUT2D eigenvalue weighted by molar-refractivity contribution is 0.262. The van der Waals surface area contributed by atoms with Gasteiger partial charge in [-0.1, -0.05) is 19.3 Å². The zero-order chi connectivity index (χ0) is 7.73. The predicted octanol–water partition coefficient (Wildman–Crippen LogP) is 2.74. The van der Waals surface area contributed by atoms with Crippen molar-refractivity contribution in [3.8, 4) is 0 Å². The number of rotatable bonds is 2. The Morgan fingerprint density at radius 2 is 1.67 bits per heavy atom. The molecule has 0 saturated heterocycles. The highest BCUT2D eigenvalue weighted by atomic mass is 35.5.